The number of aliphatic hydroxyl groups excluding tert-OH is 1. The van der Waals surface area contributed by atoms with E-state index in [9.17, 15) is 5.11 Å². The molecule has 0 radical (unpaired) electrons. The molecule has 0 aliphatic heterocycles. The summed E-state index contributed by atoms with van der Waals surface area (Å²) in [6.07, 6.45) is 1.30. The molecule has 20 heavy (non-hydrogen) atoms. The molecule has 2 aromatic carbocycles. The minimum absolute atomic E-state index is 0.440. The summed E-state index contributed by atoms with van der Waals surface area (Å²) in [5.74, 6) is 0.661. The van der Waals surface area contributed by atoms with Gasteiger partial charge in [0.2, 0.25) is 0 Å². The quantitative estimate of drug-likeness (QED) is 0.823. The standard InChI is InChI=1S/C18H21BrO/c1-13(2)11-14-3-7-16(8-4-14)18(20)12-15-5-9-17(19)10-6-15/h3-10,13,18,20H,11-12H2,1-2H3. The molecule has 1 unspecified atom stereocenters. The lowest BCUT2D eigenvalue weighted by atomic mass is 9.98. The van der Waals surface area contributed by atoms with Crippen LogP contribution in [-0.4, -0.2) is 5.11 Å². The highest BCUT2D eigenvalue weighted by Gasteiger charge is 2.09. The van der Waals surface area contributed by atoms with Crippen molar-refractivity contribution < 1.29 is 5.11 Å². The fourth-order valence-electron chi connectivity index (χ4n) is 2.31. The van der Waals surface area contributed by atoms with E-state index in [4.69, 9.17) is 0 Å². The molecule has 0 heterocycles. The summed E-state index contributed by atoms with van der Waals surface area (Å²) in [6.45, 7) is 4.44. The van der Waals surface area contributed by atoms with Gasteiger partial charge < -0.3 is 5.11 Å². The van der Waals surface area contributed by atoms with E-state index in [1.54, 1.807) is 0 Å². The van der Waals surface area contributed by atoms with Gasteiger partial charge in [-0.2, -0.15) is 0 Å². The number of rotatable bonds is 5. The van der Waals surface area contributed by atoms with Crippen LogP contribution in [-0.2, 0) is 12.8 Å². The van der Waals surface area contributed by atoms with Crippen molar-refractivity contribution in [2.24, 2.45) is 5.92 Å². The van der Waals surface area contributed by atoms with E-state index in [2.05, 4.69) is 41.9 Å². The zero-order valence-corrected chi connectivity index (χ0v) is 13.6. The van der Waals surface area contributed by atoms with Crippen molar-refractivity contribution in [1.82, 2.24) is 0 Å². The highest BCUT2D eigenvalue weighted by atomic mass is 79.9. The van der Waals surface area contributed by atoms with Gasteiger partial charge in [-0.3, -0.25) is 0 Å². The van der Waals surface area contributed by atoms with E-state index in [1.807, 2.05) is 36.4 Å². The number of benzene rings is 2. The van der Waals surface area contributed by atoms with Crippen molar-refractivity contribution >= 4 is 15.9 Å². The first-order chi connectivity index (χ1) is 9.54. The molecule has 0 aliphatic rings. The number of hydrogen-bond donors (Lipinski definition) is 1. The average Bonchev–Trinajstić information content (AvgIpc) is 2.41. The highest BCUT2D eigenvalue weighted by molar-refractivity contribution is 9.10. The second kappa shape index (κ2) is 7.05. The van der Waals surface area contributed by atoms with Crippen LogP contribution in [0.2, 0.25) is 0 Å². The lowest BCUT2D eigenvalue weighted by Crippen LogP contribution is -2.02. The molecule has 1 atom stereocenters. The molecular formula is C18H21BrO. The molecule has 0 saturated carbocycles. The lowest BCUT2D eigenvalue weighted by molar-refractivity contribution is 0.178. The Labute approximate surface area is 129 Å². The van der Waals surface area contributed by atoms with Gasteiger partial charge in [-0.25, -0.2) is 0 Å². The zero-order valence-electron chi connectivity index (χ0n) is 12.0. The van der Waals surface area contributed by atoms with Gasteiger partial charge in [0.25, 0.3) is 0 Å². The molecule has 0 saturated heterocycles. The Morgan fingerprint density at radius 3 is 1.90 bits per heavy atom. The van der Waals surface area contributed by atoms with Crippen LogP contribution < -0.4 is 0 Å². The van der Waals surface area contributed by atoms with Crippen LogP contribution in [0.1, 0.15) is 36.6 Å². The molecule has 0 aliphatic carbocycles. The molecule has 2 aromatic rings. The van der Waals surface area contributed by atoms with E-state index in [0.717, 1.165) is 22.0 Å². The molecule has 2 rings (SSSR count). The molecule has 0 aromatic heterocycles. The van der Waals surface area contributed by atoms with Gasteiger partial charge in [0, 0.05) is 10.9 Å². The Morgan fingerprint density at radius 2 is 1.35 bits per heavy atom. The molecule has 1 N–H and O–H groups in total. The maximum atomic E-state index is 10.3. The fraction of sp³-hybridized carbons (Fsp3) is 0.333. The Hall–Kier alpha value is -1.12. The van der Waals surface area contributed by atoms with E-state index in [0.29, 0.717) is 12.3 Å². The monoisotopic (exact) mass is 332 g/mol. The second-order valence-electron chi connectivity index (χ2n) is 5.69. The third-order valence-electron chi connectivity index (χ3n) is 3.35. The minimum atomic E-state index is -0.440. The molecule has 2 heteroatoms. The number of aliphatic hydroxyl groups is 1. The van der Waals surface area contributed by atoms with Crippen molar-refractivity contribution in [3.05, 3.63) is 69.7 Å². The summed E-state index contributed by atoms with van der Waals surface area (Å²) in [4.78, 5) is 0. The smallest absolute Gasteiger partial charge is 0.0830 e. The predicted molar refractivity (Wildman–Crippen MR) is 87.8 cm³/mol. The van der Waals surface area contributed by atoms with Gasteiger partial charge >= 0.3 is 0 Å². The maximum absolute atomic E-state index is 10.3. The molecule has 1 nitrogen and oxygen atoms in total. The van der Waals surface area contributed by atoms with Gasteiger partial charge in [-0.05, 0) is 41.2 Å². The summed E-state index contributed by atoms with van der Waals surface area (Å²) >= 11 is 3.42. The van der Waals surface area contributed by atoms with Crippen LogP contribution in [0.4, 0.5) is 0 Å². The van der Waals surface area contributed by atoms with Crippen LogP contribution >= 0.6 is 15.9 Å². The molecule has 0 bridgehead atoms. The van der Waals surface area contributed by atoms with Crippen molar-refractivity contribution in [2.45, 2.75) is 32.8 Å². The van der Waals surface area contributed by atoms with Crippen LogP contribution in [0.5, 0.6) is 0 Å². The molecule has 0 fully saturated rings. The van der Waals surface area contributed by atoms with Crippen LogP contribution in [0.3, 0.4) is 0 Å². The zero-order chi connectivity index (χ0) is 14.5. The fourth-order valence-corrected chi connectivity index (χ4v) is 2.57. The lowest BCUT2D eigenvalue weighted by Gasteiger charge is -2.12. The van der Waals surface area contributed by atoms with Crippen molar-refractivity contribution in [2.75, 3.05) is 0 Å². The van der Waals surface area contributed by atoms with Gasteiger partial charge in [-0.1, -0.05) is 66.2 Å². The Kier molecular flexibility index (Phi) is 5.38. The largest absolute Gasteiger partial charge is 0.388 e. The second-order valence-corrected chi connectivity index (χ2v) is 6.60. The Morgan fingerprint density at radius 1 is 0.850 bits per heavy atom. The summed E-state index contributed by atoms with van der Waals surface area (Å²) in [6, 6.07) is 16.4. The van der Waals surface area contributed by atoms with E-state index < -0.39 is 6.10 Å². The topological polar surface area (TPSA) is 20.2 Å². The van der Waals surface area contributed by atoms with Crippen LogP contribution in [0.15, 0.2) is 53.0 Å². The first-order valence-corrected chi connectivity index (χ1v) is 7.85. The summed E-state index contributed by atoms with van der Waals surface area (Å²) in [7, 11) is 0. The van der Waals surface area contributed by atoms with Gasteiger partial charge in [-0.15, -0.1) is 0 Å². The van der Waals surface area contributed by atoms with E-state index in [-0.39, 0.29) is 0 Å². The maximum Gasteiger partial charge on any atom is 0.0830 e. The minimum Gasteiger partial charge on any atom is -0.388 e. The highest BCUT2D eigenvalue weighted by Crippen LogP contribution is 2.21. The van der Waals surface area contributed by atoms with Crippen molar-refractivity contribution in [3.8, 4) is 0 Å². The normalized spacial score (nSPS) is 12.7. The molecule has 0 amide bonds. The first-order valence-electron chi connectivity index (χ1n) is 7.06. The molecular weight excluding hydrogens is 312 g/mol. The van der Waals surface area contributed by atoms with Crippen LogP contribution in [0.25, 0.3) is 0 Å². The summed E-state index contributed by atoms with van der Waals surface area (Å²) in [5, 5.41) is 10.3. The third-order valence-corrected chi connectivity index (χ3v) is 3.88. The average molecular weight is 333 g/mol. The van der Waals surface area contributed by atoms with E-state index in [1.165, 1.54) is 5.56 Å². The van der Waals surface area contributed by atoms with Gasteiger partial charge in [0.1, 0.15) is 0 Å². The Balaban J connectivity index is 2.01. The summed E-state index contributed by atoms with van der Waals surface area (Å²) in [5.41, 5.74) is 3.46. The Bertz CT molecular complexity index is 528. The van der Waals surface area contributed by atoms with E-state index >= 15 is 0 Å². The molecule has 0 spiro atoms. The number of hydrogen-bond acceptors (Lipinski definition) is 1. The van der Waals surface area contributed by atoms with Crippen LogP contribution in [0, 0.1) is 5.92 Å². The van der Waals surface area contributed by atoms with Gasteiger partial charge in [0.15, 0.2) is 0 Å². The predicted octanol–water partition coefficient (Wildman–Crippen LogP) is 4.92. The number of halogens is 1. The SMILES string of the molecule is CC(C)Cc1ccc(C(O)Cc2ccc(Br)cc2)cc1. The van der Waals surface area contributed by atoms with Crippen molar-refractivity contribution in [3.63, 3.8) is 0 Å². The third kappa shape index (κ3) is 4.46. The van der Waals surface area contributed by atoms with Gasteiger partial charge in [0.05, 0.1) is 6.10 Å². The molecule has 106 valence electrons. The summed E-state index contributed by atoms with van der Waals surface area (Å²) < 4.78 is 1.06. The first kappa shape index (κ1) is 15.3. The van der Waals surface area contributed by atoms with Crippen molar-refractivity contribution in [1.29, 1.82) is 0 Å².